The SMILES string of the molecule is CCOc1ccc(-c2cnc(CCNCC(C)C)o2)cc1. The highest BCUT2D eigenvalue weighted by Gasteiger charge is 2.06. The molecule has 0 atom stereocenters. The van der Waals surface area contributed by atoms with E-state index in [4.69, 9.17) is 9.15 Å². The Hall–Kier alpha value is -1.81. The molecule has 0 unspecified atom stereocenters. The Morgan fingerprint density at radius 1 is 1.24 bits per heavy atom. The summed E-state index contributed by atoms with van der Waals surface area (Å²) in [5, 5.41) is 3.39. The van der Waals surface area contributed by atoms with Gasteiger partial charge in [0, 0.05) is 18.5 Å². The molecule has 0 aliphatic rings. The topological polar surface area (TPSA) is 47.3 Å². The molecule has 0 bridgehead atoms. The fraction of sp³-hybridized carbons (Fsp3) is 0.471. The van der Waals surface area contributed by atoms with Crippen LogP contribution in [0.4, 0.5) is 0 Å². The molecule has 0 amide bonds. The minimum atomic E-state index is 0.661. The molecule has 0 spiro atoms. The standard InChI is InChI=1S/C17H24N2O2/c1-4-20-15-7-5-14(6-8-15)16-12-19-17(21-16)9-10-18-11-13(2)3/h5-8,12-13,18H,4,9-11H2,1-3H3. The van der Waals surface area contributed by atoms with Crippen molar-refractivity contribution in [2.24, 2.45) is 5.92 Å². The van der Waals surface area contributed by atoms with Gasteiger partial charge in [-0.25, -0.2) is 4.98 Å². The molecule has 1 aromatic heterocycles. The first-order valence-electron chi connectivity index (χ1n) is 7.57. The highest BCUT2D eigenvalue weighted by molar-refractivity contribution is 5.57. The summed E-state index contributed by atoms with van der Waals surface area (Å²) in [5.41, 5.74) is 1.02. The molecule has 1 N–H and O–H groups in total. The fourth-order valence-corrected chi connectivity index (χ4v) is 2.03. The zero-order valence-electron chi connectivity index (χ0n) is 13.1. The molecule has 2 aromatic rings. The first-order chi connectivity index (χ1) is 10.2. The van der Waals surface area contributed by atoms with E-state index in [-0.39, 0.29) is 0 Å². The summed E-state index contributed by atoms with van der Waals surface area (Å²) in [7, 11) is 0. The van der Waals surface area contributed by atoms with Crippen molar-refractivity contribution in [2.75, 3.05) is 19.7 Å². The minimum Gasteiger partial charge on any atom is -0.494 e. The number of rotatable bonds is 8. The third-order valence-corrected chi connectivity index (χ3v) is 3.07. The Morgan fingerprint density at radius 2 is 2.00 bits per heavy atom. The molecule has 0 saturated carbocycles. The fourth-order valence-electron chi connectivity index (χ4n) is 2.03. The number of aromatic nitrogens is 1. The maximum absolute atomic E-state index is 5.78. The summed E-state index contributed by atoms with van der Waals surface area (Å²) in [6.45, 7) is 8.96. The van der Waals surface area contributed by atoms with Crippen LogP contribution < -0.4 is 10.1 Å². The van der Waals surface area contributed by atoms with Crippen molar-refractivity contribution in [3.05, 3.63) is 36.4 Å². The molecular formula is C17H24N2O2. The molecule has 4 nitrogen and oxygen atoms in total. The molecule has 0 aliphatic heterocycles. The Labute approximate surface area is 126 Å². The molecule has 0 saturated heterocycles. The molecule has 114 valence electrons. The summed E-state index contributed by atoms with van der Waals surface area (Å²) in [6, 6.07) is 7.88. The van der Waals surface area contributed by atoms with Gasteiger partial charge in [0.05, 0.1) is 12.8 Å². The maximum atomic E-state index is 5.78. The number of oxazole rings is 1. The number of hydrogen-bond acceptors (Lipinski definition) is 4. The largest absolute Gasteiger partial charge is 0.494 e. The Bertz CT molecular complexity index is 532. The average molecular weight is 288 g/mol. The normalized spacial score (nSPS) is 11.0. The van der Waals surface area contributed by atoms with Gasteiger partial charge in [-0.05, 0) is 43.7 Å². The third kappa shape index (κ3) is 4.90. The van der Waals surface area contributed by atoms with Crippen LogP contribution in [0.25, 0.3) is 11.3 Å². The zero-order chi connectivity index (χ0) is 15.1. The van der Waals surface area contributed by atoms with Crippen LogP contribution >= 0.6 is 0 Å². The average Bonchev–Trinajstić information content (AvgIpc) is 2.93. The smallest absolute Gasteiger partial charge is 0.196 e. The number of nitrogens with one attached hydrogen (secondary N) is 1. The third-order valence-electron chi connectivity index (χ3n) is 3.07. The maximum Gasteiger partial charge on any atom is 0.196 e. The molecule has 0 radical (unpaired) electrons. The van der Waals surface area contributed by atoms with Gasteiger partial charge in [0.1, 0.15) is 5.75 Å². The van der Waals surface area contributed by atoms with Crippen molar-refractivity contribution in [1.29, 1.82) is 0 Å². The first-order valence-corrected chi connectivity index (χ1v) is 7.57. The summed E-state index contributed by atoms with van der Waals surface area (Å²) >= 11 is 0. The highest BCUT2D eigenvalue weighted by atomic mass is 16.5. The monoisotopic (exact) mass is 288 g/mol. The van der Waals surface area contributed by atoms with E-state index in [1.807, 2.05) is 31.2 Å². The second-order valence-corrected chi connectivity index (χ2v) is 5.42. The predicted octanol–water partition coefficient (Wildman–Crippen LogP) is 3.53. The second kappa shape index (κ2) is 7.84. The first kappa shape index (κ1) is 15.6. The predicted molar refractivity (Wildman–Crippen MR) is 84.5 cm³/mol. The van der Waals surface area contributed by atoms with Crippen molar-refractivity contribution in [3.63, 3.8) is 0 Å². The van der Waals surface area contributed by atoms with Crippen LogP contribution in [-0.4, -0.2) is 24.7 Å². The molecule has 21 heavy (non-hydrogen) atoms. The van der Waals surface area contributed by atoms with Crippen LogP contribution in [0.2, 0.25) is 0 Å². The minimum absolute atomic E-state index is 0.661. The summed E-state index contributed by atoms with van der Waals surface area (Å²) in [4.78, 5) is 4.33. The number of ether oxygens (including phenoxy) is 1. The van der Waals surface area contributed by atoms with E-state index in [1.54, 1.807) is 6.20 Å². The highest BCUT2D eigenvalue weighted by Crippen LogP contribution is 2.23. The van der Waals surface area contributed by atoms with E-state index >= 15 is 0 Å². The van der Waals surface area contributed by atoms with Crippen molar-refractivity contribution in [1.82, 2.24) is 10.3 Å². The summed E-state index contributed by atoms with van der Waals surface area (Å²) in [5.74, 6) is 3.11. The van der Waals surface area contributed by atoms with Crippen molar-refractivity contribution < 1.29 is 9.15 Å². The summed E-state index contributed by atoms with van der Waals surface area (Å²) in [6.07, 6.45) is 2.59. The van der Waals surface area contributed by atoms with E-state index < -0.39 is 0 Å². The van der Waals surface area contributed by atoms with E-state index in [0.29, 0.717) is 12.5 Å². The van der Waals surface area contributed by atoms with Crippen LogP contribution in [0.15, 0.2) is 34.9 Å². The molecule has 0 aliphatic carbocycles. The van der Waals surface area contributed by atoms with Crippen LogP contribution in [0.5, 0.6) is 5.75 Å². The van der Waals surface area contributed by atoms with Gasteiger partial charge in [0.25, 0.3) is 0 Å². The number of nitrogens with zero attached hydrogens (tertiary/aromatic N) is 1. The van der Waals surface area contributed by atoms with E-state index in [2.05, 4.69) is 24.1 Å². The van der Waals surface area contributed by atoms with Gasteiger partial charge in [-0.2, -0.15) is 0 Å². The van der Waals surface area contributed by atoms with Gasteiger partial charge >= 0.3 is 0 Å². The quantitative estimate of drug-likeness (QED) is 0.755. The van der Waals surface area contributed by atoms with Crippen LogP contribution in [0, 0.1) is 5.92 Å². The van der Waals surface area contributed by atoms with E-state index in [9.17, 15) is 0 Å². The van der Waals surface area contributed by atoms with Gasteiger partial charge in [0.15, 0.2) is 11.7 Å². The van der Waals surface area contributed by atoms with Gasteiger partial charge in [0.2, 0.25) is 0 Å². The Kier molecular flexibility index (Phi) is 5.81. The molecule has 1 aromatic carbocycles. The van der Waals surface area contributed by atoms with Gasteiger partial charge in [-0.3, -0.25) is 0 Å². The Morgan fingerprint density at radius 3 is 2.67 bits per heavy atom. The molecular weight excluding hydrogens is 264 g/mol. The lowest BCUT2D eigenvalue weighted by Gasteiger charge is -2.05. The molecule has 4 heteroatoms. The van der Waals surface area contributed by atoms with Gasteiger partial charge < -0.3 is 14.5 Å². The summed E-state index contributed by atoms with van der Waals surface area (Å²) < 4.78 is 11.2. The number of hydrogen-bond donors (Lipinski definition) is 1. The Balaban J connectivity index is 1.89. The molecule has 1 heterocycles. The van der Waals surface area contributed by atoms with Gasteiger partial charge in [-0.1, -0.05) is 13.8 Å². The van der Waals surface area contributed by atoms with E-state index in [0.717, 1.165) is 42.5 Å². The lowest BCUT2D eigenvalue weighted by Crippen LogP contribution is -2.22. The van der Waals surface area contributed by atoms with Crippen molar-refractivity contribution in [3.8, 4) is 17.1 Å². The van der Waals surface area contributed by atoms with Crippen LogP contribution in [0.1, 0.15) is 26.7 Å². The van der Waals surface area contributed by atoms with Crippen LogP contribution in [0.3, 0.4) is 0 Å². The van der Waals surface area contributed by atoms with Crippen LogP contribution in [-0.2, 0) is 6.42 Å². The molecule has 2 rings (SSSR count). The molecule has 0 fully saturated rings. The number of benzene rings is 1. The van der Waals surface area contributed by atoms with Crippen molar-refractivity contribution >= 4 is 0 Å². The van der Waals surface area contributed by atoms with Gasteiger partial charge in [-0.15, -0.1) is 0 Å². The zero-order valence-corrected chi connectivity index (χ0v) is 13.1. The lowest BCUT2D eigenvalue weighted by molar-refractivity contribution is 0.340. The lowest BCUT2D eigenvalue weighted by atomic mass is 10.2. The van der Waals surface area contributed by atoms with Crippen molar-refractivity contribution in [2.45, 2.75) is 27.2 Å². The van der Waals surface area contributed by atoms with E-state index in [1.165, 1.54) is 0 Å². The second-order valence-electron chi connectivity index (χ2n) is 5.42.